The van der Waals surface area contributed by atoms with E-state index in [1.807, 2.05) is 0 Å². The fourth-order valence-electron chi connectivity index (χ4n) is 1.56. The molecule has 2 amide bonds. The first-order valence-corrected chi connectivity index (χ1v) is 4.60. The van der Waals surface area contributed by atoms with Crippen LogP contribution in [0.25, 0.3) is 0 Å². The Hall–Kier alpha value is -1.88. The van der Waals surface area contributed by atoms with Gasteiger partial charge in [-0.3, -0.25) is 15.0 Å². The highest BCUT2D eigenvalue weighted by Crippen LogP contribution is 2.23. The second kappa shape index (κ2) is 3.70. The van der Waals surface area contributed by atoms with Gasteiger partial charge in [0.05, 0.1) is 6.42 Å². The maximum absolute atomic E-state index is 11.4. The zero-order chi connectivity index (χ0) is 10.8. The molecule has 0 aliphatic carbocycles. The topological polar surface area (TPSA) is 70.2 Å². The molecule has 78 valence electrons. The summed E-state index contributed by atoms with van der Waals surface area (Å²) in [5.74, 6) is -0.240. The lowest BCUT2D eigenvalue weighted by Gasteiger charge is -2.04. The fourth-order valence-corrected chi connectivity index (χ4v) is 1.56. The molecule has 1 heterocycles. The molecule has 1 aromatic carbocycles. The largest absolute Gasteiger partial charge is 0.326 e. The average Bonchev–Trinajstić information content (AvgIpc) is 2.57. The van der Waals surface area contributed by atoms with Gasteiger partial charge in [-0.25, -0.2) is 5.43 Å². The number of nitrogens with one attached hydrogen (secondary N) is 3. The van der Waals surface area contributed by atoms with Gasteiger partial charge in [-0.1, -0.05) is 0 Å². The fraction of sp³-hybridized carbons (Fsp3) is 0.200. The molecule has 0 bridgehead atoms. The van der Waals surface area contributed by atoms with Gasteiger partial charge < -0.3 is 5.32 Å². The van der Waals surface area contributed by atoms with E-state index in [0.717, 1.165) is 11.3 Å². The van der Waals surface area contributed by atoms with Crippen molar-refractivity contribution in [2.45, 2.75) is 6.42 Å². The van der Waals surface area contributed by atoms with Crippen molar-refractivity contribution >= 4 is 17.5 Å². The summed E-state index contributed by atoms with van der Waals surface area (Å²) >= 11 is 0. The summed E-state index contributed by atoms with van der Waals surface area (Å²) in [6.07, 6.45) is 0.343. The Morgan fingerprint density at radius 3 is 3.00 bits per heavy atom. The van der Waals surface area contributed by atoms with Crippen LogP contribution in [0.1, 0.15) is 15.9 Å². The number of rotatable bonds is 2. The monoisotopic (exact) mass is 205 g/mol. The molecule has 0 unspecified atom stereocenters. The molecule has 5 nitrogen and oxygen atoms in total. The predicted octanol–water partition coefficient (Wildman–Crippen LogP) is 0.0454. The molecule has 1 aliphatic heterocycles. The first kappa shape index (κ1) is 9.67. The normalized spacial score (nSPS) is 13.3. The van der Waals surface area contributed by atoms with Crippen LogP contribution in [-0.4, -0.2) is 18.9 Å². The minimum absolute atomic E-state index is 0.0313. The molecule has 0 radical (unpaired) electrons. The van der Waals surface area contributed by atoms with Crippen molar-refractivity contribution in [1.29, 1.82) is 0 Å². The first-order chi connectivity index (χ1) is 7.20. The van der Waals surface area contributed by atoms with Crippen molar-refractivity contribution in [2.75, 3.05) is 12.4 Å². The van der Waals surface area contributed by atoms with E-state index in [1.165, 1.54) is 0 Å². The van der Waals surface area contributed by atoms with Gasteiger partial charge in [-0.2, -0.15) is 0 Å². The standard InChI is InChI=1S/C10H11N3O2/c1-11-13-10(15)6-2-3-8-7(4-6)5-9(14)12-8/h2-4,11H,5H2,1H3,(H,12,14)(H,13,15). The summed E-state index contributed by atoms with van der Waals surface area (Å²) in [5, 5.41) is 2.71. The molecule has 5 heteroatoms. The van der Waals surface area contributed by atoms with Crippen LogP contribution in [0.4, 0.5) is 5.69 Å². The van der Waals surface area contributed by atoms with Crippen LogP contribution in [-0.2, 0) is 11.2 Å². The van der Waals surface area contributed by atoms with E-state index in [1.54, 1.807) is 25.2 Å². The lowest BCUT2D eigenvalue weighted by Crippen LogP contribution is -2.34. The molecule has 2 rings (SSSR count). The summed E-state index contributed by atoms with van der Waals surface area (Å²) in [7, 11) is 1.62. The van der Waals surface area contributed by atoms with Gasteiger partial charge >= 0.3 is 0 Å². The Bertz CT molecular complexity index is 429. The second-order valence-electron chi connectivity index (χ2n) is 3.30. The highest BCUT2D eigenvalue weighted by molar-refractivity contribution is 6.01. The van der Waals surface area contributed by atoms with E-state index >= 15 is 0 Å². The van der Waals surface area contributed by atoms with Gasteiger partial charge in [0.15, 0.2) is 0 Å². The molecule has 1 aliphatic rings. The molecule has 3 N–H and O–H groups in total. The number of hydrogen-bond donors (Lipinski definition) is 3. The second-order valence-corrected chi connectivity index (χ2v) is 3.30. The molecule has 15 heavy (non-hydrogen) atoms. The molecule has 0 saturated carbocycles. The minimum atomic E-state index is -0.209. The molecule has 0 aromatic heterocycles. The Morgan fingerprint density at radius 2 is 2.27 bits per heavy atom. The maximum atomic E-state index is 11.4. The van der Waals surface area contributed by atoms with E-state index < -0.39 is 0 Å². The van der Waals surface area contributed by atoms with Crippen LogP contribution in [0.2, 0.25) is 0 Å². The average molecular weight is 205 g/mol. The van der Waals surface area contributed by atoms with Gasteiger partial charge in [0.1, 0.15) is 0 Å². The highest BCUT2D eigenvalue weighted by Gasteiger charge is 2.18. The number of fused-ring (bicyclic) bond motifs is 1. The first-order valence-electron chi connectivity index (χ1n) is 4.60. The van der Waals surface area contributed by atoms with Crippen molar-refractivity contribution in [3.05, 3.63) is 29.3 Å². The lowest BCUT2D eigenvalue weighted by molar-refractivity contribution is -0.115. The smallest absolute Gasteiger partial charge is 0.265 e. The van der Waals surface area contributed by atoms with Gasteiger partial charge in [0.2, 0.25) is 5.91 Å². The van der Waals surface area contributed by atoms with E-state index in [9.17, 15) is 9.59 Å². The van der Waals surface area contributed by atoms with Crippen molar-refractivity contribution in [1.82, 2.24) is 10.9 Å². The molecule has 0 atom stereocenters. The molecule has 1 aromatic rings. The minimum Gasteiger partial charge on any atom is -0.326 e. The van der Waals surface area contributed by atoms with Crippen LogP contribution in [0.5, 0.6) is 0 Å². The molecule has 0 fully saturated rings. The van der Waals surface area contributed by atoms with E-state index in [0.29, 0.717) is 12.0 Å². The number of amides is 2. The maximum Gasteiger partial charge on any atom is 0.265 e. The summed E-state index contributed by atoms with van der Waals surface area (Å²) in [5.41, 5.74) is 7.23. The van der Waals surface area contributed by atoms with Gasteiger partial charge in [-0.05, 0) is 23.8 Å². The number of carbonyl (C=O) groups is 2. The zero-order valence-electron chi connectivity index (χ0n) is 8.26. The van der Waals surface area contributed by atoms with Crippen molar-refractivity contribution in [2.24, 2.45) is 0 Å². The Morgan fingerprint density at radius 1 is 1.47 bits per heavy atom. The molecule has 0 saturated heterocycles. The zero-order valence-corrected chi connectivity index (χ0v) is 8.26. The van der Waals surface area contributed by atoms with Gasteiger partial charge in [0.25, 0.3) is 5.91 Å². The number of benzene rings is 1. The SMILES string of the molecule is CNNC(=O)c1ccc2c(c1)CC(=O)N2. The number of hydrazine groups is 1. The highest BCUT2D eigenvalue weighted by atomic mass is 16.2. The third kappa shape index (κ3) is 1.82. The van der Waals surface area contributed by atoms with Crippen molar-refractivity contribution < 1.29 is 9.59 Å². The van der Waals surface area contributed by atoms with Crippen LogP contribution in [0, 0.1) is 0 Å². The van der Waals surface area contributed by atoms with Crippen LogP contribution >= 0.6 is 0 Å². The van der Waals surface area contributed by atoms with Crippen LogP contribution in [0.3, 0.4) is 0 Å². The van der Waals surface area contributed by atoms with Crippen molar-refractivity contribution in [3.63, 3.8) is 0 Å². The predicted molar refractivity (Wildman–Crippen MR) is 55.3 cm³/mol. The third-order valence-electron chi connectivity index (χ3n) is 2.23. The Kier molecular flexibility index (Phi) is 2.39. The summed E-state index contributed by atoms with van der Waals surface area (Å²) in [6.45, 7) is 0. The molecule has 0 spiro atoms. The number of carbonyl (C=O) groups excluding carboxylic acids is 2. The number of hydrogen-bond acceptors (Lipinski definition) is 3. The quantitative estimate of drug-likeness (QED) is 0.597. The van der Waals surface area contributed by atoms with Gasteiger partial charge in [-0.15, -0.1) is 0 Å². The summed E-state index contributed by atoms with van der Waals surface area (Å²) in [4.78, 5) is 22.5. The summed E-state index contributed by atoms with van der Waals surface area (Å²) in [6, 6.07) is 5.14. The Labute approximate surface area is 86.8 Å². The van der Waals surface area contributed by atoms with Crippen LogP contribution in [0.15, 0.2) is 18.2 Å². The van der Waals surface area contributed by atoms with Crippen LogP contribution < -0.4 is 16.2 Å². The van der Waals surface area contributed by atoms with E-state index in [-0.39, 0.29) is 11.8 Å². The summed E-state index contributed by atoms with van der Waals surface area (Å²) < 4.78 is 0. The molecular formula is C10H11N3O2. The Balaban J connectivity index is 2.27. The van der Waals surface area contributed by atoms with E-state index in [4.69, 9.17) is 0 Å². The van der Waals surface area contributed by atoms with Gasteiger partial charge in [0, 0.05) is 18.3 Å². The lowest BCUT2D eigenvalue weighted by atomic mass is 10.1. The third-order valence-corrected chi connectivity index (χ3v) is 2.23. The van der Waals surface area contributed by atoms with Crippen molar-refractivity contribution in [3.8, 4) is 0 Å². The van der Waals surface area contributed by atoms with E-state index in [2.05, 4.69) is 16.2 Å². The molecular weight excluding hydrogens is 194 g/mol. The number of anilines is 1.